The summed E-state index contributed by atoms with van der Waals surface area (Å²) in [6.07, 6.45) is 0.241. The Morgan fingerprint density at radius 2 is 1.56 bits per heavy atom. The number of carbonyl (C=O) groups excluding carboxylic acids is 1. The Bertz CT molecular complexity index is 1130. The number of hydrogen-bond donors (Lipinski definition) is 1. The lowest BCUT2D eigenvalue weighted by Gasteiger charge is -2.44. The van der Waals surface area contributed by atoms with Crippen molar-refractivity contribution in [1.29, 1.82) is 0 Å². The fourth-order valence-corrected chi connectivity index (χ4v) is 6.39. The third kappa shape index (κ3) is 3.28. The van der Waals surface area contributed by atoms with Crippen molar-refractivity contribution in [2.75, 3.05) is 0 Å². The Labute approximate surface area is 190 Å². The van der Waals surface area contributed by atoms with Crippen LogP contribution in [0, 0.1) is 23.7 Å². The molecule has 4 aliphatic carbocycles. The normalized spacial score (nSPS) is 27.2. The SMILES string of the molecule is CCc1ccc(-c2ccc(Cl)c(C(F)(F)F)c2)cc1C1=C(O)[C@H]2C3CCC(CC3)[C@H]2C1=O. The molecule has 2 bridgehead atoms. The molecule has 168 valence electrons. The van der Waals surface area contributed by atoms with E-state index < -0.39 is 11.7 Å². The smallest absolute Gasteiger partial charge is 0.417 e. The van der Waals surface area contributed by atoms with E-state index >= 15 is 0 Å². The molecule has 0 aliphatic heterocycles. The topological polar surface area (TPSA) is 37.3 Å². The zero-order valence-corrected chi connectivity index (χ0v) is 18.4. The average molecular weight is 461 g/mol. The van der Waals surface area contributed by atoms with E-state index in [1.807, 2.05) is 13.0 Å². The Morgan fingerprint density at radius 1 is 0.969 bits per heavy atom. The molecule has 0 unspecified atom stereocenters. The highest BCUT2D eigenvalue weighted by Gasteiger charge is 2.54. The first-order valence-corrected chi connectivity index (χ1v) is 11.6. The molecular formula is C26H24ClF3O2. The van der Waals surface area contributed by atoms with Gasteiger partial charge in [-0.2, -0.15) is 13.2 Å². The van der Waals surface area contributed by atoms with Crippen molar-refractivity contribution in [2.24, 2.45) is 23.7 Å². The predicted molar refractivity (Wildman–Crippen MR) is 118 cm³/mol. The summed E-state index contributed by atoms with van der Waals surface area (Å²) in [6.45, 7) is 1.97. The van der Waals surface area contributed by atoms with Crippen LogP contribution in [0.5, 0.6) is 0 Å². The molecule has 6 heteroatoms. The molecule has 0 saturated heterocycles. The number of aliphatic hydroxyl groups is 1. The van der Waals surface area contributed by atoms with E-state index in [0.717, 1.165) is 37.3 Å². The number of ketones is 1. The van der Waals surface area contributed by atoms with Gasteiger partial charge in [-0.3, -0.25) is 4.79 Å². The van der Waals surface area contributed by atoms with Crippen molar-refractivity contribution in [2.45, 2.75) is 45.2 Å². The number of halogens is 4. The van der Waals surface area contributed by atoms with Crippen LogP contribution in [0.3, 0.4) is 0 Å². The summed E-state index contributed by atoms with van der Waals surface area (Å²) >= 11 is 5.79. The minimum atomic E-state index is -4.56. The summed E-state index contributed by atoms with van der Waals surface area (Å²) in [4.78, 5) is 13.5. The van der Waals surface area contributed by atoms with Crippen LogP contribution in [0.15, 0.2) is 42.2 Å². The van der Waals surface area contributed by atoms with Crippen molar-refractivity contribution in [3.05, 3.63) is 63.9 Å². The average Bonchev–Trinajstić information content (AvgIpc) is 3.06. The van der Waals surface area contributed by atoms with Crippen molar-refractivity contribution in [3.63, 3.8) is 0 Å². The maximum absolute atomic E-state index is 13.5. The van der Waals surface area contributed by atoms with E-state index in [4.69, 9.17) is 11.6 Å². The number of benzene rings is 2. The molecule has 32 heavy (non-hydrogen) atoms. The number of aryl methyl sites for hydroxylation is 1. The lowest BCUT2D eigenvalue weighted by atomic mass is 9.59. The molecule has 0 heterocycles. The monoisotopic (exact) mass is 460 g/mol. The molecular weight excluding hydrogens is 437 g/mol. The minimum Gasteiger partial charge on any atom is -0.511 e. The number of aliphatic hydroxyl groups excluding tert-OH is 1. The van der Waals surface area contributed by atoms with Crippen molar-refractivity contribution < 1.29 is 23.1 Å². The summed E-state index contributed by atoms with van der Waals surface area (Å²) in [5.41, 5.74) is 1.96. The highest BCUT2D eigenvalue weighted by molar-refractivity contribution is 6.31. The van der Waals surface area contributed by atoms with Crippen LogP contribution in [0.2, 0.25) is 5.02 Å². The molecule has 2 aromatic rings. The number of allylic oxidation sites excluding steroid dienone is 2. The van der Waals surface area contributed by atoms with Crippen molar-refractivity contribution >= 4 is 23.0 Å². The number of rotatable bonds is 3. The van der Waals surface area contributed by atoms with Gasteiger partial charge >= 0.3 is 6.18 Å². The molecule has 2 aromatic carbocycles. The summed E-state index contributed by atoms with van der Waals surface area (Å²) in [6, 6.07) is 9.20. The summed E-state index contributed by atoms with van der Waals surface area (Å²) in [7, 11) is 0. The Kier molecular flexibility index (Phi) is 5.16. The highest BCUT2D eigenvalue weighted by Crippen LogP contribution is 2.57. The van der Waals surface area contributed by atoms with Crippen LogP contribution in [0.4, 0.5) is 13.2 Å². The van der Waals surface area contributed by atoms with Crippen LogP contribution in [0.1, 0.15) is 49.3 Å². The van der Waals surface area contributed by atoms with E-state index in [0.29, 0.717) is 40.5 Å². The molecule has 0 amide bonds. The highest BCUT2D eigenvalue weighted by atomic mass is 35.5. The van der Waals surface area contributed by atoms with Gasteiger partial charge in [-0.25, -0.2) is 0 Å². The van der Waals surface area contributed by atoms with Gasteiger partial charge in [0.25, 0.3) is 0 Å². The van der Waals surface area contributed by atoms with Crippen molar-refractivity contribution in [3.8, 4) is 11.1 Å². The summed E-state index contributed by atoms with van der Waals surface area (Å²) in [5, 5.41) is 10.8. The van der Waals surface area contributed by atoms with E-state index in [1.165, 1.54) is 6.07 Å². The molecule has 6 rings (SSSR count). The predicted octanol–water partition coefficient (Wildman–Crippen LogP) is 7.49. The van der Waals surface area contributed by atoms with Crippen LogP contribution < -0.4 is 0 Å². The van der Waals surface area contributed by atoms with Gasteiger partial charge < -0.3 is 5.11 Å². The van der Waals surface area contributed by atoms with Crippen molar-refractivity contribution in [1.82, 2.24) is 0 Å². The fourth-order valence-electron chi connectivity index (χ4n) is 6.17. The van der Waals surface area contributed by atoms with Gasteiger partial charge in [0.05, 0.1) is 16.2 Å². The first-order chi connectivity index (χ1) is 15.2. The Morgan fingerprint density at radius 3 is 2.16 bits per heavy atom. The maximum Gasteiger partial charge on any atom is 0.417 e. The van der Waals surface area contributed by atoms with Gasteiger partial charge in [0.15, 0.2) is 5.78 Å². The fraction of sp³-hybridized carbons (Fsp3) is 0.423. The first-order valence-electron chi connectivity index (χ1n) is 11.2. The standard InChI is InChI=1S/C26H24ClF3O2/c1-2-13-3-8-16(17-9-10-20(27)19(12-17)26(28,29)30)11-18(13)23-24(31)21-14-4-5-15(7-6-14)22(21)25(23)32/h3,8-12,14-15,21-22,31H,2,4-7H2,1H3/t14?,15?,21-,22+/m0/s1. The van der Waals surface area contributed by atoms with Gasteiger partial charge in [-0.15, -0.1) is 0 Å². The number of Topliss-reactive ketones (excluding diaryl/α,β-unsaturated/α-hetero) is 1. The number of fused-ring (bicyclic) bond motifs is 2. The molecule has 0 aromatic heterocycles. The van der Waals surface area contributed by atoms with Crippen LogP contribution in [-0.2, 0) is 17.4 Å². The van der Waals surface area contributed by atoms with Gasteiger partial charge in [0.2, 0.25) is 0 Å². The first kappa shape index (κ1) is 21.6. The third-order valence-corrected chi connectivity index (χ3v) is 8.03. The van der Waals surface area contributed by atoms with Gasteiger partial charge in [0, 0.05) is 11.8 Å². The second-order valence-corrected chi connectivity index (χ2v) is 9.68. The van der Waals surface area contributed by atoms with E-state index in [-0.39, 0.29) is 28.4 Å². The second kappa shape index (κ2) is 7.65. The third-order valence-electron chi connectivity index (χ3n) is 7.71. The van der Waals surface area contributed by atoms with Crippen LogP contribution >= 0.6 is 11.6 Å². The molecule has 3 fully saturated rings. The van der Waals surface area contributed by atoms with E-state index in [2.05, 4.69) is 0 Å². The van der Waals surface area contributed by atoms with Crippen LogP contribution in [-0.4, -0.2) is 10.9 Å². The summed E-state index contributed by atoms with van der Waals surface area (Å²) < 4.78 is 40.1. The molecule has 1 N–H and O–H groups in total. The van der Waals surface area contributed by atoms with E-state index in [1.54, 1.807) is 18.2 Å². The lowest BCUT2D eigenvalue weighted by molar-refractivity contribution is -0.137. The van der Waals surface area contributed by atoms with Crippen LogP contribution in [0.25, 0.3) is 16.7 Å². The number of alkyl halides is 3. The zero-order valence-electron chi connectivity index (χ0n) is 17.7. The molecule has 0 radical (unpaired) electrons. The number of hydrogen-bond acceptors (Lipinski definition) is 2. The Hall–Kier alpha value is -2.27. The summed E-state index contributed by atoms with van der Waals surface area (Å²) in [5.74, 6) is 0.583. The zero-order chi connectivity index (χ0) is 22.8. The molecule has 0 spiro atoms. The minimum absolute atomic E-state index is 0.000775. The molecule has 3 saturated carbocycles. The quantitative estimate of drug-likeness (QED) is 0.515. The molecule has 2 atom stereocenters. The van der Waals surface area contributed by atoms with Gasteiger partial charge in [-0.05, 0) is 84.4 Å². The largest absolute Gasteiger partial charge is 0.511 e. The van der Waals surface area contributed by atoms with E-state index in [9.17, 15) is 23.1 Å². The number of carbonyl (C=O) groups is 1. The molecule has 2 nitrogen and oxygen atoms in total. The molecule has 4 aliphatic rings. The second-order valence-electron chi connectivity index (χ2n) is 9.27. The Balaban J connectivity index is 1.62. The lowest BCUT2D eigenvalue weighted by Crippen LogP contribution is -2.41. The van der Waals surface area contributed by atoms with Gasteiger partial charge in [-0.1, -0.05) is 36.7 Å². The van der Waals surface area contributed by atoms with Gasteiger partial charge in [0.1, 0.15) is 5.76 Å². The maximum atomic E-state index is 13.5.